The molecular weight excluding hydrogens is 190 g/mol. The number of aromatic nitrogens is 4. The molecule has 0 spiro atoms. The number of hydrogen-bond acceptors (Lipinski definition) is 3. The van der Waals surface area contributed by atoms with E-state index in [9.17, 15) is 0 Å². The summed E-state index contributed by atoms with van der Waals surface area (Å²) in [5.74, 6) is 0. The highest BCUT2D eigenvalue weighted by molar-refractivity contribution is 4.96. The molecule has 2 rings (SSSR count). The molecule has 0 saturated carbocycles. The van der Waals surface area contributed by atoms with Crippen molar-refractivity contribution in [3.8, 4) is 0 Å². The number of imidazole rings is 1. The molecule has 2 aromatic rings. The second kappa shape index (κ2) is 4.75. The number of nitrogens with zero attached hydrogens (tertiary/aromatic N) is 3. The maximum atomic E-state index is 4.00. The van der Waals surface area contributed by atoms with Gasteiger partial charge in [-0.2, -0.15) is 5.10 Å². The average molecular weight is 205 g/mol. The van der Waals surface area contributed by atoms with Gasteiger partial charge in [-0.15, -0.1) is 0 Å². The molecule has 5 nitrogen and oxygen atoms in total. The van der Waals surface area contributed by atoms with Gasteiger partial charge in [0, 0.05) is 43.4 Å². The normalized spacial score (nSPS) is 12.9. The number of H-pyrrole nitrogens is 1. The molecule has 0 aliphatic rings. The first-order chi connectivity index (χ1) is 7.34. The van der Waals surface area contributed by atoms with Crippen molar-refractivity contribution in [2.45, 2.75) is 26.1 Å². The van der Waals surface area contributed by atoms with E-state index in [1.165, 1.54) is 0 Å². The largest absolute Gasteiger partial charge is 0.336 e. The van der Waals surface area contributed by atoms with E-state index in [0.29, 0.717) is 6.04 Å². The molecule has 0 radical (unpaired) electrons. The Balaban J connectivity index is 1.76. The smallest absolute Gasteiger partial charge is 0.0946 e. The Bertz CT molecular complexity index is 364. The van der Waals surface area contributed by atoms with Crippen LogP contribution in [0.3, 0.4) is 0 Å². The fraction of sp³-hybridized carbons (Fsp3) is 0.400. The van der Waals surface area contributed by atoms with Crippen LogP contribution < -0.4 is 5.32 Å². The summed E-state index contributed by atoms with van der Waals surface area (Å²) in [7, 11) is 0. The van der Waals surface area contributed by atoms with Crippen LogP contribution in [0.15, 0.2) is 31.0 Å². The maximum absolute atomic E-state index is 4.00. The Labute approximate surface area is 88.5 Å². The van der Waals surface area contributed by atoms with Gasteiger partial charge >= 0.3 is 0 Å². The third kappa shape index (κ3) is 2.92. The lowest BCUT2D eigenvalue weighted by Crippen LogP contribution is -2.29. The lowest BCUT2D eigenvalue weighted by molar-refractivity contribution is 0.473. The fourth-order valence-corrected chi connectivity index (χ4v) is 1.44. The number of rotatable bonds is 5. The lowest BCUT2D eigenvalue weighted by Gasteiger charge is -2.13. The van der Waals surface area contributed by atoms with Crippen LogP contribution in [-0.2, 0) is 13.1 Å². The van der Waals surface area contributed by atoms with Crippen molar-refractivity contribution < 1.29 is 0 Å². The topological polar surface area (TPSA) is 58.5 Å². The summed E-state index contributed by atoms with van der Waals surface area (Å²) in [5.41, 5.74) is 1.10. The third-order valence-electron chi connectivity index (χ3n) is 2.24. The van der Waals surface area contributed by atoms with Crippen LogP contribution in [0.1, 0.15) is 12.6 Å². The lowest BCUT2D eigenvalue weighted by atomic mass is 10.3. The molecule has 2 heterocycles. The summed E-state index contributed by atoms with van der Waals surface area (Å²) >= 11 is 0. The highest BCUT2D eigenvalue weighted by Crippen LogP contribution is 1.95. The van der Waals surface area contributed by atoms with Gasteiger partial charge in [0.15, 0.2) is 0 Å². The van der Waals surface area contributed by atoms with E-state index in [1.807, 2.05) is 18.6 Å². The molecule has 5 heteroatoms. The maximum Gasteiger partial charge on any atom is 0.0946 e. The Morgan fingerprint density at radius 1 is 1.53 bits per heavy atom. The predicted molar refractivity (Wildman–Crippen MR) is 57.1 cm³/mol. The minimum Gasteiger partial charge on any atom is -0.336 e. The number of aromatic amines is 1. The van der Waals surface area contributed by atoms with E-state index >= 15 is 0 Å². The van der Waals surface area contributed by atoms with E-state index < -0.39 is 0 Å². The van der Waals surface area contributed by atoms with E-state index in [1.54, 1.807) is 12.4 Å². The summed E-state index contributed by atoms with van der Waals surface area (Å²) in [6, 6.07) is 2.37. The second-order valence-electron chi connectivity index (χ2n) is 3.62. The molecule has 0 aromatic carbocycles. The molecule has 0 fully saturated rings. The average Bonchev–Trinajstić information content (AvgIpc) is 2.86. The molecule has 0 bridgehead atoms. The van der Waals surface area contributed by atoms with E-state index in [-0.39, 0.29) is 0 Å². The van der Waals surface area contributed by atoms with Crippen molar-refractivity contribution >= 4 is 0 Å². The standard InChI is InChI=1S/C10H15N5/c1-9(7-15-5-4-11-8-15)12-6-10-2-3-13-14-10/h2-5,8-9,12H,6-7H2,1H3,(H,13,14). The third-order valence-corrected chi connectivity index (χ3v) is 2.24. The first-order valence-corrected chi connectivity index (χ1v) is 5.02. The predicted octanol–water partition coefficient (Wildman–Crippen LogP) is 0.784. The van der Waals surface area contributed by atoms with Crippen molar-refractivity contribution in [2.24, 2.45) is 0 Å². The van der Waals surface area contributed by atoms with Crippen LogP contribution in [-0.4, -0.2) is 25.8 Å². The van der Waals surface area contributed by atoms with Crippen molar-refractivity contribution in [3.63, 3.8) is 0 Å². The van der Waals surface area contributed by atoms with Gasteiger partial charge in [0.1, 0.15) is 0 Å². The van der Waals surface area contributed by atoms with Gasteiger partial charge in [-0.1, -0.05) is 0 Å². The number of hydrogen-bond donors (Lipinski definition) is 2. The van der Waals surface area contributed by atoms with Gasteiger partial charge in [0.2, 0.25) is 0 Å². The van der Waals surface area contributed by atoms with Crippen molar-refractivity contribution in [1.82, 2.24) is 25.1 Å². The van der Waals surface area contributed by atoms with Crippen LogP contribution in [0.4, 0.5) is 0 Å². The molecule has 0 aliphatic carbocycles. The quantitative estimate of drug-likeness (QED) is 0.758. The molecule has 2 aromatic heterocycles. The van der Waals surface area contributed by atoms with Gasteiger partial charge in [-0.3, -0.25) is 5.10 Å². The minimum absolute atomic E-state index is 0.405. The molecule has 1 unspecified atom stereocenters. The second-order valence-corrected chi connectivity index (χ2v) is 3.62. The Morgan fingerprint density at radius 2 is 2.47 bits per heavy atom. The molecule has 1 atom stereocenters. The first kappa shape index (κ1) is 9.92. The molecule has 15 heavy (non-hydrogen) atoms. The van der Waals surface area contributed by atoms with E-state index in [2.05, 4.69) is 32.0 Å². The van der Waals surface area contributed by atoms with Crippen LogP contribution in [0.5, 0.6) is 0 Å². The monoisotopic (exact) mass is 205 g/mol. The Kier molecular flexibility index (Phi) is 3.14. The minimum atomic E-state index is 0.405. The van der Waals surface area contributed by atoms with E-state index in [0.717, 1.165) is 18.8 Å². The highest BCUT2D eigenvalue weighted by atomic mass is 15.1. The summed E-state index contributed by atoms with van der Waals surface area (Å²) in [6.45, 7) is 3.89. The number of nitrogens with one attached hydrogen (secondary N) is 2. The zero-order valence-corrected chi connectivity index (χ0v) is 8.72. The molecule has 0 saturated heterocycles. The summed E-state index contributed by atoms with van der Waals surface area (Å²) < 4.78 is 2.06. The van der Waals surface area contributed by atoms with Gasteiger partial charge in [-0.25, -0.2) is 4.98 Å². The molecule has 0 aliphatic heterocycles. The van der Waals surface area contributed by atoms with Gasteiger partial charge in [0.25, 0.3) is 0 Å². The van der Waals surface area contributed by atoms with Crippen LogP contribution in [0.2, 0.25) is 0 Å². The molecule has 0 amide bonds. The Morgan fingerprint density at radius 3 is 3.13 bits per heavy atom. The summed E-state index contributed by atoms with van der Waals surface area (Å²) in [5, 5.41) is 10.2. The van der Waals surface area contributed by atoms with E-state index in [4.69, 9.17) is 0 Å². The fourth-order valence-electron chi connectivity index (χ4n) is 1.44. The van der Waals surface area contributed by atoms with Crippen LogP contribution in [0, 0.1) is 0 Å². The van der Waals surface area contributed by atoms with Gasteiger partial charge in [0.05, 0.1) is 6.33 Å². The molecule has 80 valence electrons. The molecule has 2 N–H and O–H groups in total. The highest BCUT2D eigenvalue weighted by Gasteiger charge is 2.02. The van der Waals surface area contributed by atoms with Crippen molar-refractivity contribution in [2.75, 3.05) is 0 Å². The van der Waals surface area contributed by atoms with Crippen LogP contribution >= 0.6 is 0 Å². The first-order valence-electron chi connectivity index (χ1n) is 5.02. The van der Waals surface area contributed by atoms with Gasteiger partial charge < -0.3 is 9.88 Å². The van der Waals surface area contributed by atoms with Gasteiger partial charge in [-0.05, 0) is 13.0 Å². The molecular formula is C10H15N5. The SMILES string of the molecule is CC(Cn1ccnc1)NCc1ccn[nH]1. The zero-order valence-electron chi connectivity index (χ0n) is 8.72. The summed E-state index contributed by atoms with van der Waals surface area (Å²) in [6.07, 6.45) is 7.35. The van der Waals surface area contributed by atoms with Crippen LogP contribution in [0.25, 0.3) is 0 Å². The van der Waals surface area contributed by atoms with Crippen molar-refractivity contribution in [1.29, 1.82) is 0 Å². The zero-order chi connectivity index (χ0) is 10.5. The summed E-state index contributed by atoms with van der Waals surface area (Å²) in [4.78, 5) is 4.00. The van der Waals surface area contributed by atoms with Crippen molar-refractivity contribution in [3.05, 3.63) is 36.7 Å². The Hall–Kier alpha value is -1.62.